The number of phenols is 1. The third-order valence-electron chi connectivity index (χ3n) is 3.82. The molecule has 0 saturated heterocycles. The molecule has 5 heteroatoms. The molecule has 1 unspecified atom stereocenters. The van der Waals surface area contributed by atoms with Gasteiger partial charge in [-0.15, -0.1) is 0 Å². The van der Waals surface area contributed by atoms with Crippen LogP contribution in [0.1, 0.15) is 42.4 Å². The third kappa shape index (κ3) is 4.59. The molecule has 23 heavy (non-hydrogen) atoms. The second-order valence-electron chi connectivity index (χ2n) is 5.82. The summed E-state index contributed by atoms with van der Waals surface area (Å²) in [6, 6.07) is 11.5. The topological polar surface area (TPSA) is 57.5 Å². The van der Waals surface area contributed by atoms with E-state index in [0.717, 1.165) is 18.3 Å². The highest BCUT2D eigenvalue weighted by Crippen LogP contribution is 2.30. The largest absolute Gasteiger partial charge is 0.506 e. The molecule has 3 nitrogen and oxygen atoms in total. The van der Waals surface area contributed by atoms with Crippen LogP contribution in [0.3, 0.4) is 0 Å². The number of phenolic OH excluding ortho intramolecular Hbond substituents is 1. The number of aliphatic carboxylic acids is 1. The van der Waals surface area contributed by atoms with Crippen molar-refractivity contribution in [2.24, 2.45) is 0 Å². The number of halogens is 2. The summed E-state index contributed by atoms with van der Waals surface area (Å²) in [5.41, 5.74) is 2.92. The molecular formula is C18H18I2O3. The van der Waals surface area contributed by atoms with Gasteiger partial charge in [0, 0.05) is 0 Å². The van der Waals surface area contributed by atoms with Gasteiger partial charge in [0.05, 0.1) is 13.1 Å². The van der Waals surface area contributed by atoms with E-state index in [9.17, 15) is 15.0 Å². The van der Waals surface area contributed by atoms with E-state index >= 15 is 0 Å². The van der Waals surface area contributed by atoms with Gasteiger partial charge in [0.15, 0.2) is 0 Å². The molecule has 2 N–H and O–H groups in total. The lowest BCUT2D eigenvalue weighted by Crippen LogP contribution is -2.14. The molecule has 0 radical (unpaired) electrons. The first-order valence-corrected chi connectivity index (χ1v) is 9.45. The van der Waals surface area contributed by atoms with Gasteiger partial charge in [-0.2, -0.15) is 0 Å². The molecule has 0 aromatic heterocycles. The molecule has 0 bridgehead atoms. The maximum absolute atomic E-state index is 11.7. The molecular weight excluding hydrogens is 518 g/mol. The molecule has 1 atom stereocenters. The van der Waals surface area contributed by atoms with Crippen LogP contribution in [-0.2, 0) is 11.2 Å². The van der Waals surface area contributed by atoms with Crippen LogP contribution in [0.25, 0.3) is 0 Å². The first-order valence-electron chi connectivity index (χ1n) is 7.29. The molecule has 122 valence electrons. The molecule has 2 rings (SSSR count). The predicted molar refractivity (Wildman–Crippen MR) is 108 cm³/mol. The normalized spacial score (nSPS) is 12.4. The fourth-order valence-corrected chi connectivity index (χ4v) is 4.33. The van der Waals surface area contributed by atoms with Gasteiger partial charge in [0.25, 0.3) is 0 Å². The van der Waals surface area contributed by atoms with Crippen LogP contribution in [0, 0.1) is 7.14 Å². The second kappa shape index (κ2) is 7.83. The summed E-state index contributed by atoms with van der Waals surface area (Å²) < 4.78 is 1.48. The van der Waals surface area contributed by atoms with Gasteiger partial charge < -0.3 is 10.2 Å². The van der Waals surface area contributed by atoms with Gasteiger partial charge in [-0.3, -0.25) is 4.79 Å². The SMILES string of the molecule is CC(C)c1ccc(C(Cc2cc(I)c(O)c(I)c2)C(=O)O)cc1. The van der Waals surface area contributed by atoms with Crippen molar-refractivity contribution in [1.82, 2.24) is 0 Å². The van der Waals surface area contributed by atoms with E-state index < -0.39 is 11.9 Å². The molecule has 0 saturated carbocycles. The highest BCUT2D eigenvalue weighted by molar-refractivity contribution is 14.1. The highest BCUT2D eigenvalue weighted by Gasteiger charge is 2.21. The quantitative estimate of drug-likeness (QED) is 0.521. The minimum atomic E-state index is -0.833. The smallest absolute Gasteiger partial charge is 0.311 e. The average Bonchev–Trinajstić information content (AvgIpc) is 2.50. The van der Waals surface area contributed by atoms with Crippen LogP contribution in [-0.4, -0.2) is 16.2 Å². The van der Waals surface area contributed by atoms with Crippen molar-refractivity contribution in [3.05, 3.63) is 60.2 Å². The minimum absolute atomic E-state index is 0.253. The lowest BCUT2D eigenvalue weighted by atomic mass is 9.90. The molecule has 0 spiro atoms. The number of carboxylic acid groups (broad SMARTS) is 1. The van der Waals surface area contributed by atoms with Gasteiger partial charge >= 0.3 is 5.97 Å². The van der Waals surface area contributed by atoms with Crippen molar-refractivity contribution < 1.29 is 15.0 Å². The van der Waals surface area contributed by atoms with Crippen LogP contribution in [0.15, 0.2) is 36.4 Å². The second-order valence-corrected chi connectivity index (χ2v) is 8.15. The number of aromatic hydroxyl groups is 1. The monoisotopic (exact) mass is 536 g/mol. The molecule has 0 fully saturated rings. The summed E-state index contributed by atoms with van der Waals surface area (Å²) in [5, 5.41) is 19.4. The summed E-state index contributed by atoms with van der Waals surface area (Å²) >= 11 is 4.13. The number of benzene rings is 2. The lowest BCUT2D eigenvalue weighted by Gasteiger charge is -2.15. The van der Waals surface area contributed by atoms with Crippen molar-refractivity contribution in [3.63, 3.8) is 0 Å². The van der Waals surface area contributed by atoms with Crippen LogP contribution in [0.4, 0.5) is 0 Å². The van der Waals surface area contributed by atoms with Crippen LogP contribution >= 0.6 is 45.2 Å². The molecule has 0 aliphatic carbocycles. The van der Waals surface area contributed by atoms with E-state index in [-0.39, 0.29) is 5.75 Å². The maximum atomic E-state index is 11.7. The van der Waals surface area contributed by atoms with Gasteiger partial charge in [0.2, 0.25) is 0 Å². The van der Waals surface area contributed by atoms with Crippen LogP contribution in [0.2, 0.25) is 0 Å². The summed E-state index contributed by atoms with van der Waals surface area (Å²) in [5.74, 6) is -0.747. The summed E-state index contributed by atoms with van der Waals surface area (Å²) in [7, 11) is 0. The number of hydrogen-bond acceptors (Lipinski definition) is 2. The molecule has 0 heterocycles. The van der Waals surface area contributed by atoms with Gasteiger partial charge in [-0.1, -0.05) is 38.1 Å². The summed E-state index contributed by atoms with van der Waals surface area (Å²) in [6.45, 7) is 4.23. The molecule has 2 aromatic carbocycles. The van der Waals surface area contributed by atoms with Crippen molar-refractivity contribution in [2.75, 3.05) is 0 Å². The van der Waals surface area contributed by atoms with Gasteiger partial charge in [-0.25, -0.2) is 0 Å². The first-order chi connectivity index (χ1) is 10.8. The number of carboxylic acids is 1. The van der Waals surface area contributed by atoms with E-state index in [0.29, 0.717) is 12.3 Å². The fraction of sp³-hybridized carbons (Fsp3) is 0.278. The highest BCUT2D eigenvalue weighted by atomic mass is 127. The zero-order chi connectivity index (χ0) is 17.1. The Bertz CT molecular complexity index is 686. The zero-order valence-corrected chi connectivity index (χ0v) is 17.2. The molecule has 0 amide bonds. The Balaban J connectivity index is 2.31. The lowest BCUT2D eigenvalue weighted by molar-refractivity contribution is -0.138. The maximum Gasteiger partial charge on any atom is 0.311 e. The van der Waals surface area contributed by atoms with Crippen molar-refractivity contribution in [3.8, 4) is 5.75 Å². The van der Waals surface area contributed by atoms with E-state index in [2.05, 4.69) is 59.0 Å². The number of carbonyl (C=O) groups is 1. The van der Waals surface area contributed by atoms with Crippen LogP contribution < -0.4 is 0 Å². The predicted octanol–water partition coefficient (Wildman–Crippen LogP) is 5.14. The molecule has 0 aliphatic heterocycles. The van der Waals surface area contributed by atoms with E-state index in [1.807, 2.05) is 36.4 Å². The fourth-order valence-electron chi connectivity index (χ4n) is 2.43. The van der Waals surface area contributed by atoms with E-state index in [1.165, 1.54) is 5.56 Å². The molecule has 0 aliphatic rings. The Morgan fingerprint density at radius 3 is 1.96 bits per heavy atom. The summed E-state index contributed by atoms with van der Waals surface area (Å²) in [4.78, 5) is 11.7. The number of hydrogen-bond donors (Lipinski definition) is 2. The molecule has 2 aromatic rings. The minimum Gasteiger partial charge on any atom is -0.506 e. The van der Waals surface area contributed by atoms with Crippen molar-refractivity contribution in [2.45, 2.75) is 32.1 Å². The Labute approximate surface area is 163 Å². The third-order valence-corrected chi connectivity index (χ3v) is 5.46. The van der Waals surface area contributed by atoms with Crippen molar-refractivity contribution >= 4 is 51.2 Å². The Kier molecular flexibility index (Phi) is 6.30. The van der Waals surface area contributed by atoms with Crippen LogP contribution in [0.5, 0.6) is 5.75 Å². The van der Waals surface area contributed by atoms with Crippen molar-refractivity contribution in [1.29, 1.82) is 0 Å². The van der Waals surface area contributed by atoms with E-state index in [4.69, 9.17) is 0 Å². The van der Waals surface area contributed by atoms with Gasteiger partial charge in [0.1, 0.15) is 5.75 Å². The standard InChI is InChI=1S/C18H18I2O3/c1-10(2)12-3-5-13(6-4-12)14(18(22)23)7-11-8-15(19)17(21)16(20)9-11/h3-6,8-10,14,21H,7H2,1-2H3,(H,22,23). The van der Waals surface area contributed by atoms with Gasteiger partial charge in [-0.05, 0) is 86.3 Å². The Morgan fingerprint density at radius 1 is 1.04 bits per heavy atom. The Hall–Kier alpha value is -0.830. The first kappa shape index (κ1) is 18.5. The summed E-state index contributed by atoms with van der Waals surface area (Å²) in [6.07, 6.45) is 0.405. The zero-order valence-electron chi connectivity index (χ0n) is 12.9. The van der Waals surface area contributed by atoms with E-state index in [1.54, 1.807) is 0 Å². The average molecular weight is 536 g/mol. The number of rotatable bonds is 5. The Morgan fingerprint density at radius 2 is 1.52 bits per heavy atom.